The van der Waals surface area contributed by atoms with Gasteiger partial charge in [-0.05, 0) is 96.3 Å². The van der Waals surface area contributed by atoms with E-state index in [0.29, 0.717) is 19.3 Å². The molecule has 0 spiro atoms. The molecule has 0 saturated carbocycles. The molecular weight excluding hydrogens is 973 g/mol. The van der Waals surface area contributed by atoms with Gasteiger partial charge in [-0.3, -0.25) is 14.4 Å². The van der Waals surface area contributed by atoms with Gasteiger partial charge in [0.25, 0.3) is 0 Å². The first kappa shape index (κ1) is 75.6. The van der Waals surface area contributed by atoms with Gasteiger partial charge in [-0.2, -0.15) is 0 Å². The van der Waals surface area contributed by atoms with E-state index >= 15 is 0 Å². The Hall–Kier alpha value is -3.41. The number of carbonyl (C=O) groups excluding carboxylic acids is 3. The van der Waals surface area contributed by atoms with E-state index in [1.54, 1.807) is 0 Å². The lowest BCUT2D eigenvalue weighted by molar-refractivity contribution is -0.167. The van der Waals surface area contributed by atoms with Crippen molar-refractivity contribution in [2.45, 2.75) is 348 Å². The average Bonchev–Trinajstić information content (AvgIpc) is 3.45. The molecule has 0 bridgehead atoms. The van der Waals surface area contributed by atoms with Crippen LogP contribution in [0, 0.1) is 0 Å². The first-order chi connectivity index (χ1) is 39.0. The summed E-state index contributed by atoms with van der Waals surface area (Å²) in [5.41, 5.74) is 0. The van der Waals surface area contributed by atoms with Crippen LogP contribution in [0.25, 0.3) is 0 Å². The molecular formula is C73H128O6. The molecule has 6 nitrogen and oxygen atoms in total. The fourth-order valence-corrected chi connectivity index (χ4v) is 9.80. The second-order valence-corrected chi connectivity index (χ2v) is 22.7. The molecule has 0 fully saturated rings. The van der Waals surface area contributed by atoms with E-state index in [2.05, 4.69) is 106 Å². The molecule has 1 atom stereocenters. The SMILES string of the molecule is CC/C=C\C/C=C\C/C=C\C/C=C\CCCCCCCCCCCCCCCCCCCCCCC(=O)OCC(COC(=O)CCCCCCC)OC(=O)CCCCCCCCCC/C=C\C/C=C\C/C=C\CCCCCCC. The molecule has 0 radical (unpaired) electrons. The standard InChI is InChI=1S/C73H128O6/c1-4-7-10-13-15-17-19-21-23-25-27-29-31-32-33-34-35-36-37-38-39-40-42-43-45-47-49-51-53-55-57-60-63-66-72(75)78-69-70(68-77-71(74)65-62-59-12-9-6-3)79-73(76)67-64-61-58-56-54-52-50-48-46-44-41-30-28-26-24-22-20-18-16-14-11-8-5-2/h7,10,15,17,20-23,26-29,41,44,70H,4-6,8-9,11-14,16,18-19,24-25,30-40,42-43,45-69H2,1-3H3/b10-7-,17-15-,22-20-,23-21-,28-26-,29-27-,44-41-. The zero-order valence-electron chi connectivity index (χ0n) is 52.4. The van der Waals surface area contributed by atoms with Crippen molar-refractivity contribution >= 4 is 17.9 Å². The van der Waals surface area contributed by atoms with Gasteiger partial charge in [0, 0.05) is 19.3 Å². The quantitative estimate of drug-likeness (QED) is 0.0261. The fraction of sp³-hybridized carbons (Fsp3) is 0.767. The van der Waals surface area contributed by atoms with Crippen LogP contribution < -0.4 is 0 Å². The third-order valence-electron chi connectivity index (χ3n) is 14.9. The Balaban J connectivity index is 3.96. The maximum absolute atomic E-state index is 12.8. The van der Waals surface area contributed by atoms with Crippen molar-refractivity contribution in [1.29, 1.82) is 0 Å². The van der Waals surface area contributed by atoms with Gasteiger partial charge in [0.05, 0.1) is 0 Å². The zero-order valence-corrected chi connectivity index (χ0v) is 52.4. The van der Waals surface area contributed by atoms with Crippen molar-refractivity contribution in [3.05, 3.63) is 85.1 Å². The van der Waals surface area contributed by atoms with E-state index in [1.165, 1.54) is 193 Å². The Morgan fingerprint density at radius 3 is 0.772 bits per heavy atom. The summed E-state index contributed by atoms with van der Waals surface area (Å²) in [4.78, 5) is 38.0. The Morgan fingerprint density at radius 1 is 0.266 bits per heavy atom. The van der Waals surface area contributed by atoms with Crippen LogP contribution in [0.15, 0.2) is 85.1 Å². The number of esters is 3. The van der Waals surface area contributed by atoms with Gasteiger partial charge in [-0.25, -0.2) is 0 Å². The molecule has 0 rings (SSSR count). The van der Waals surface area contributed by atoms with Gasteiger partial charge in [-0.15, -0.1) is 0 Å². The number of carbonyl (C=O) groups is 3. The number of rotatable bonds is 62. The summed E-state index contributed by atoms with van der Waals surface area (Å²) in [5, 5.41) is 0. The van der Waals surface area contributed by atoms with Crippen LogP contribution in [0.4, 0.5) is 0 Å². The van der Waals surface area contributed by atoms with Crippen LogP contribution in [0.3, 0.4) is 0 Å². The molecule has 0 aliphatic carbocycles. The van der Waals surface area contributed by atoms with Crippen LogP contribution >= 0.6 is 0 Å². The van der Waals surface area contributed by atoms with Crippen molar-refractivity contribution in [3.8, 4) is 0 Å². The normalized spacial score (nSPS) is 12.6. The molecule has 456 valence electrons. The summed E-state index contributed by atoms with van der Waals surface area (Å²) >= 11 is 0. The summed E-state index contributed by atoms with van der Waals surface area (Å²) in [6, 6.07) is 0. The molecule has 0 saturated heterocycles. The second-order valence-electron chi connectivity index (χ2n) is 22.7. The molecule has 0 aromatic carbocycles. The summed E-state index contributed by atoms with van der Waals surface area (Å²) in [5.74, 6) is -0.882. The Bertz CT molecular complexity index is 1500. The third kappa shape index (κ3) is 65.3. The maximum Gasteiger partial charge on any atom is 0.306 e. The molecule has 0 aliphatic rings. The molecule has 79 heavy (non-hydrogen) atoms. The molecule has 6 heteroatoms. The van der Waals surface area contributed by atoms with Crippen molar-refractivity contribution in [3.63, 3.8) is 0 Å². The maximum atomic E-state index is 12.8. The molecule has 1 unspecified atom stereocenters. The third-order valence-corrected chi connectivity index (χ3v) is 14.9. The second kappa shape index (κ2) is 67.1. The van der Waals surface area contributed by atoms with Crippen LogP contribution in [0.1, 0.15) is 342 Å². The topological polar surface area (TPSA) is 78.9 Å². The van der Waals surface area contributed by atoms with E-state index < -0.39 is 6.10 Å². The summed E-state index contributed by atoms with van der Waals surface area (Å²) in [7, 11) is 0. The summed E-state index contributed by atoms with van der Waals surface area (Å²) in [6.07, 6.45) is 89.5. The van der Waals surface area contributed by atoms with Crippen LogP contribution in [-0.4, -0.2) is 37.2 Å². The first-order valence-corrected chi connectivity index (χ1v) is 34.1. The highest BCUT2D eigenvalue weighted by Crippen LogP contribution is 2.17. The van der Waals surface area contributed by atoms with Gasteiger partial charge in [0.2, 0.25) is 0 Å². The highest BCUT2D eigenvalue weighted by Gasteiger charge is 2.19. The highest BCUT2D eigenvalue weighted by atomic mass is 16.6. The number of allylic oxidation sites excluding steroid dienone is 14. The minimum absolute atomic E-state index is 0.0757. The van der Waals surface area contributed by atoms with E-state index in [1.807, 2.05) is 0 Å². The van der Waals surface area contributed by atoms with Crippen molar-refractivity contribution in [2.24, 2.45) is 0 Å². The van der Waals surface area contributed by atoms with E-state index in [-0.39, 0.29) is 31.1 Å². The number of unbranched alkanes of at least 4 members (excludes halogenated alkanes) is 37. The number of ether oxygens (including phenoxy) is 3. The number of hydrogen-bond donors (Lipinski definition) is 0. The largest absolute Gasteiger partial charge is 0.462 e. The van der Waals surface area contributed by atoms with E-state index in [4.69, 9.17) is 14.2 Å². The predicted octanol–water partition coefficient (Wildman–Crippen LogP) is 23.4. The average molecular weight is 1100 g/mol. The Kier molecular flexibility index (Phi) is 64.2. The Morgan fingerprint density at radius 2 is 0.494 bits per heavy atom. The summed E-state index contributed by atoms with van der Waals surface area (Å²) < 4.78 is 16.8. The van der Waals surface area contributed by atoms with Crippen molar-refractivity contribution in [2.75, 3.05) is 13.2 Å². The van der Waals surface area contributed by atoms with E-state index in [0.717, 1.165) is 109 Å². The van der Waals surface area contributed by atoms with Crippen molar-refractivity contribution < 1.29 is 28.6 Å². The predicted molar refractivity (Wildman–Crippen MR) is 344 cm³/mol. The molecule has 0 heterocycles. The smallest absolute Gasteiger partial charge is 0.306 e. The van der Waals surface area contributed by atoms with E-state index in [9.17, 15) is 14.4 Å². The molecule has 0 aliphatic heterocycles. The first-order valence-electron chi connectivity index (χ1n) is 34.1. The lowest BCUT2D eigenvalue weighted by Crippen LogP contribution is -2.30. The minimum Gasteiger partial charge on any atom is -0.462 e. The van der Waals surface area contributed by atoms with Gasteiger partial charge in [0.1, 0.15) is 13.2 Å². The van der Waals surface area contributed by atoms with Gasteiger partial charge in [0.15, 0.2) is 6.10 Å². The number of hydrogen-bond acceptors (Lipinski definition) is 6. The monoisotopic (exact) mass is 1100 g/mol. The van der Waals surface area contributed by atoms with Gasteiger partial charge >= 0.3 is 17.9 Å². The van der Waals surface area contributed by atoms with Crippen LogP contribution in [0.2, 0.25) is 0 Å². The fourth-order valence-electron chi connectivity index (χ4n) is 9.80. The molecule has 0 amide bonds. The Labute approximate surface area is 490 Å². The van der Waals surface area contributed by atoms with Crippen LogP contribution in [0.5, 0.6) is 0 Å². The molecule has 0 aromatic rings. The molecule has 0 N–H and O–H groups in total. The van der Waals surface area contributed by atoms with Crippen LogP contribution in [-0.2, 0) is 28.6 Å². The zero-order chi connectivity index (χ0) is 57.1. The summed E-state index contributed by atoms with van der Waals surface area (Å²) in [6.45, 7) is 6.46. The van der Waals surface area contributed by atoms with Gasteiger partial charge < -0.3 is 14.2 Å². The minimum atomic E-state index is -0.775. The lowest BCUT2D eigenvalue weighted by Gasteiger charge is -2.18. The lowest BCUT2D eigenvalue weighted by atomic mass is 10.0. The van der Waals surface area contributed by atoms with Crippen molar-refractivity contribution in [1.82, 2.24) is 0 Å². The molecule has 0 aromatic heterocycles. The van der Waals surface area contributed by atoms with Gasteiger partial charge in [-0.1, -0.05) is 311 Å². The highest BCUT2D eigenvalue weighted by molar-refractivity contribution is 5.71.